The zero-order valence-corrected chi connectivity index (χ0v) is 13.8. The topological polar surface area (TPSA) is 52.3 Å². The maximum Gasteiger partial charge on any atom is 0.241 e. The molecule has 0 aliphatic heterocycles. The van der Waals surface area contributed by atoms with E-state index < -0.39 is 5.91 Å². The summed E-state index contributed by atoms with van der Waals surface area (Å²) in [5.41, 5.74) is 8.39. The zero-order chi connectivity index (χ0) is 15.2. The average Bonchev–Trinajstić information content (AvgIpc) is 2.45. The fourth-order valence-electron chi connectivity index (χ4n) is 1.84. The second-order valence-corrected chi connectivity index (χ2v) is 5.80. The summed E-state index contributed by atoms with van der Waals surface area (Å²) in [6.07, 6.45) is 3.04. The van der Waals surface area contributed by atoms with Gasteiger partial charge in [0.2, 0.25) is 5.91 Å². The molecule has 2 aromatic rings. The van der Waals surface area contributed by atoms with Crippen LogP contribution < -0.4 is 10.5 Å². The van der Waals surface area contributed by atoms with Gasteiger partial charge in [0.15, 0.2) is 0 Å². The van der Waals surface area contributed by atoms with Crippen molar-refractivity contribution in [2.75, 3.05) is 0 Å². The lowest BCUT2D eigenvalue weighted by molar-refractivity contribution is -0.113. The van der Waals surface area contributed by atoms with Gasteiger partial charge in [0.25, 0.3) is 0 Å². The molecule has 0 fully saturated rings. The van der Waals surface area contributed by atoms with Crippen LogP contribution in [0.5, 0.6) is 5.75 Å². The van der Waals surface area contributed by atoms with Crippen molar-refractivity contribution < 1.29 is 9.53 Å². The first-order valence-corrected chi connectivity index (χ1v) is 7.58. The van der Waals surface area contributed by atoms with Gasteiger partial charge in [0.05, 0.1) is 3.57 Å². The molecule has 0 aromatic heterocycles. The highest BCUT2D eigenvalue weighted by molar-refractivity contribution is 14.1. The number of nitrogens with two attached hydrogens (primary N) is 1. The van der Waals surface area contributed by atoms with Crippen molar-refractivity contribution in [2.45, 2.75) is 13.5 Å². The van der Waals surface area contributed by atoms with E-state index >= 15 is 0 Å². The molecule has 0 radical (unpaired) electrons. The standard InChI is InChI=1S/C17H16INO2/c1-12-4-2-3-5-14(12)11-21-16-8-6-13(10-15(16)18)7-9-17(19)20/h2-10H,11H2,1H3,(H2,19,20)/b9-7+. The lowest BCUT2D eigenvalue weighted by Crippen LogP contribution is -2.05. The minimum absolute atomic E-state index is 0.454. The summed E-state index contributed by atoms with van der Waals surface area (Å²) in [6.45, 7) is 2.61. The fraction of sp³-hybridized carbons (Fsp3) is 0.118. The second kappa shape index (κ2) is 7.26. The van der Waals surface area contributed by atoms with E-state index in [1.54, 1.807) is 6.08 Å². The molecule has 3 nitrogen and oxygen atoms in total. The van der Waals surface area contributed by atoms with Crippen LogP contribution in [0, 0.1) is 10.5 Å². The van der Waals surface area contributed by atoms with E-state index in [9.17, 15) is 4.79 Å². The average molecular weight is 393 g/mol. The van der Waals surface area contributed by atoms with Crippen molar-refractivity contribution in [3.63, 3.8) is 0 Å². The minimum atomic E-state index is -0.454. The van der Waals surface area contributed by atoms with Crippen LogP contribution in [-0.2, 0) is 11.4 Å². The first-order chi connectivity index (χ1) is 10.1. The molecule has 1 amide bonds. The van der Waals surface area contributed by atoms with Crippen molar-refractivity contribution in [1.29, 1.82) is 0 Å². The van der Waals surface area contributed by atoms with Gasteiger partial charge in [-0.2, -0.15) is 0 Å². The Morgan fingerprint density at radius 1 is 1.29 bits per heavy atom. The number of ether oxygens (including phenoxy) is 1. The molecule has 2 N–H and O–H groups in total. The van der Waals surface area contributed by atoms with E-state index in [0.717, 1.165) is 14.9 Å². The van der Waals surface area contributed by atoms with E-state index in [1.165, 1.54) is 17.2 Å². The predicted molar refractivity (Wildman–Crippen MR) is 92.9 cm³/mol. The summed E-state index contributed by atoms with van der Waals surface area (Å²) in [5, 5.41) is 0. The number of hydrogen-bond donors (Lipinski definition) is 1. The highest BCUT2D eigenvalue weighted by Gasteiger charge is 2.03. The smallest absolute Gasteiger partial charge is 0.241 e. The van der Waals surface area contributed by atoms with Gasteiger partial charge in [0.1, 0.15) is 12.4 Å². The van der Waals surface area contributed by atoms with Gasteiger partial charge >= 0.3 is 0 Å². The maximum atomic E-state index is 10.7. The number of halogens is 1. The van der Waals surface area contributed by atoms with E-state index in [-0.39, 0.29) is 0 Å². The van der Waals surface area contributed by atoms with Gasteiger partial charge < -0.3 is 10.5 Å². The van der Waals surface area contributed by atoms with Crippen molar-refractivity contribution in [3.05, 3.63) is 68.8 Å². The molecule has 0 bridgehead atoms. The molecule has 2 rings (SSSR count). The van der Waals surface area contributed by atoms with Crippen LogP contribution in [0.25, 0.3) is 6.08 Å². The highest BCUT2D eigenvalue weighted by atomic mass is 127. The molecular weight excluding hydrogens is 377 g/mol. The lowest BCUT2D eigenvalue weighted by Gasteiger charge is -2.10. The SMILES string of the molecule is Cc1ccccc1COc1ccc(/C=C/C(N)=O)cc1I. The van der Waals surface area contributed by atoms with Crippen molar-refractivity contribution in [2.24, 2.45) is 5.73 Å². The van der Waals surface area contributed by atoms with Crippen molar-refractivity contribution >= 4 is 34.6 Å². The number of carbonyl (C=O) groups is 1. The third-order valence-electron chi connectivity index (χ3n) is 3.04. The van der Waals surface area contributed by atoms with Crippen LogP contribution in [0.15, 0.2) is 48.5 Å². The number of hydrogen-bond acceptors (Lipinski definition) is 2. The van der Waals surface area contributed by atoms with E-state index in [4.69, 9.17) is 10.5 Å². The van der Waals surface area contributed by atoms with Crippen molar-refractivity contribution in [1.82, 2.24) is 0 Å². The van der Waals surface area contributed by atoms with Crippen LogP contribution in [0.3, 0.4) is 0 Å². The Bertz CT molecular complexity index is 680. The van der Waals surface area contributed by atoms with E-state index in [2.05, 4.69) is 41.6 Å². The molecule has 108 valence electrons. The summed E-state index contributed by atoms with van der Waals surface area (Å²) >= 11 is 2.22. The molecule has 0 spiro atoms. The van der Waals surface area contributed by atoms with Crippen LogP contribution in [0.4, 0.5) is 0 Å². The number of benzene rings is 2. The largest absolute Gasteiger partial charge is 0.488 e. The number of amides is 1. The quantitative estimate of drug-likeness (QED) is 0.623. The van der Waals surface area contributed by atoms with Crippen LogP contribution in [0.1, 0.15) is 16.7 Å². The molecule has 21 heavy (non-hydrogen) atoms. The Kier molecular flexibility index (Phi) is 5.38. The molecule has 0 aliphatic rings. The number of aryl methyl sites for hydroxylation is 1. The predicted octanol–water partition coefficient (Wildman–Crippen LogP) is 3.68. The number of carbonyl (C=O) groups excluding carboxylic acids is 1. The van der Waals surface area contributed by atoms with E-state index in [1.807, 2.05) is 30.3 Å². The minimum Gasteiger partial charge on any atom is -0.488 e. The van der Waals surface area contributed by atoms with Crippen molar-refractivity contribution in [3.8, 4) is 5.75 Å². The van der Waals surface area contributed by atoms with Crippen LogP contribution >= 0.6 is 22.6 Å². The molecular formula is C17H16INO2. The summed E-state index contributed by atoms with van der Waals surface area (Å²) in [6, 6.07) is 13.9. The number of rotatable bonds is 5. The van der Waals surface area contributed by atoms with Gasteiger partial charge in [0, 0.05) is 6.08 Å². The highest BCUT2D eigenvalue weighted by Crippen LogP contribution is 2.24. The lowest BCUT2D eigenvalue weighted by atomic mass is 10.1. The molecule has 0 heterocycles. The Morgan fingerprint density at radius 3 is 2.71 bits per heavy atom. The first-order valence-electron chi connectivity index (χ1n) is 6.50. The Balaban J connectivity index is 2.08. The monoisotopic (exact) mass is 393 g/mol. The van der Waals surface area contributed by atoms with E-state index in [0.29, 0.717) is 6.61 Å². The summed E-state index contributed by atoms with van der Waals surface area (Å²) in [5.74, 6) is 0.375. The molecule has 4 heteroatoms. The van der Waals surface area contributed by atoms with Gasteiger partial charge in [-0.25, -0.2) is 0 Å². The Morgan fingerprint density at radius 2 is 2.05 bits per heavy atom. The molecule has 0 atom stereocenters. The molecule has 2 aromatic carbocycles. The summed E-state index contributed by atoms with van der Waals surface area (Å²) < 4.78 is 6.85. The molecule has 0 saturated carbocycles. The third-order valence-corrected chi connectivity index (χ3v) is 3.88. The van der Waals surface area contributed by atoms with Crippen LogP contribution in [0.2, 0.25) is 0 Å². The maximum absolute atomic E-state index is 10.7. The Hall–Kier alpha value is -1.82. The molecule has 0 aliphatic carbocycles. The first kappa shape index (κ1) is 15.6. The Labute approximate surface area is 138 Å². The summed E-state index contributed by atoms with van der Waals surface area (Å²) in [7, 11) is 0. The van der Waals surface area contributed by atoms with Gasteiger partial charge in [-0.05, 0) is 64.4 Å². The molecule has 0 unspecified atom stereocenters. The number of primary amides is 1. The van der Waals surface area contributed by atoms with Gasteiger partial charge in [-0.3, -0.25) is 4.79 Å². The zero-order valence-electron chi connectivity index (χ0n) is 11.7. The second-order valence-electron chi connectivity index (χ2n) is 4.64. The fourth-order valence-corrected chi connectivity index (χ4v) is 2.54. The summed E-state index contributed by atoms with van der Waals surface area (Å²) in [4.78, 5) is 10.7. The normalized spacial score (nSPS) is 10.8. The van der Waals surface area contributed by atoms with Gasteiger partial charge in [-0.15, -0.1) is 0 Å². The van der Waals surface area contributed by atoms with Gasteiger partial charge in [-0.1, -0.05) is 30.3 Å². The van der Waals surface area contributed by atoms with Crippen LogP contribution in [-0.4, -0.2) is 5.91 Å². The third kappa shape index (κ3) is 4.60. The molecule has 0 saturated heterocycles.